The van der Waals surface area contributed by atoms with E-state index in [2.05, 4.69) is 0 Å². The van der Waals surface area contributed by atoms with Crippen LogP contribution in [0.5, 0.6) is 0 Å². The molecule has 1 aliphatic carbocycles. The Balaban J connectivity index is 2.39. The van der Waals surface area contributed by atoms with E-state index in [4.69, 9.17) is 30.0 Å². The van der Waals surface area contributed by atoms with Crippen LogP contribution in [0.3, 0.4) is 0 Å². The van der Waals surface area contributed by atoms with E-state index in [1.807, 2.05) is 0 Å². The molecule has 0 aliphatic heterocycles. The van der Waals surface area contributed by atoms with Gasteiger partial charge in [0.1, 0.15) is 0 Å². The molecule has 0 spiro atoms. The van der Waals surface area contributed by atoms with Crippen LogP contribution < -0.4 is 0 Å². The first-order valence-corrected chi connectivity index (χ1v) is 13.2. The van der Waals surface area contributed by atoms with Crippen LogP contribution in [0.4, 0.5) is 0 Å². The summed E-state index contributed by atoms with van der Waals surface area (Å²) in [5.74, 6) is 0. The average Bonchev–Trinajstić information content (AvgIpc) is 1.88. The van der Waals surface area contributed by atoms with E-state index in [0.29, 0.717) is 4.75 Å². The fourth-order valence-corrected chi connectivity index (χ4v) is 7.06. The summed E-state index contributed by atoms with van der Waals surface area (Å²) in [5, 5.41) is 0. The third-order valence-corrected chi connectivity index (χ3v) is 10.0. The molecule has 1 rings (SSSR count). The quantitative estimate of drug-likeness (QED) is 0.627. The van der Waals surface area contributed by atoms with Crippen molar-refractivity contribution in [3.8, 4) is 0 Å². The SMILES string of the molecule is [Cl][Ge]([Cl])([Cl])[CH]1CCCCC1. The summed E-state index contributed by atoms with van der Waals surface area (Å²) in [4.78, 5) is 0. The van der Waals surface area contributed by atoms with Crippen molar-refractivity contribution in [2.75, 3.05) is 0 Å². The molecule has 0 heterocycles. The van der Waals surface area contributed by atoms with Gasteiger partial charge < -0.3 is 0 Å². The molecule has 1 fully saturated rings. The Morgan fingerprint density at radius 1 is 0.900 bits per heavy atom. The molecular formula is C6H11Cl3Ge. The standard InChI is InChI=1S/C6H11Cl3Ge/c7-10(8,9)6-4-2-1-3-5-6/h6H,1-5H2. The third kappa shape index (κ3) is 2.80. The predicted molar refractivity (Wildman–Crippen MR) is 50.1 cm³/mol. The van der Waals surface area contributed by atoms with Crippen molar-refractivity contribution < 1.29 is 0 Å². The monoisotopic (exact) mass is 262 g/mol. The van der Waals surface area contributed by atoms with Crippen LogP contribution in [0.2, 0.25) is 4.75 Å². The minimum atomic E-state index is -2.80. The summed E-state index contributed by atoms with van der Waals surface area (Å²) < 4.78 is 0.485. The molecule has 0 unspecified atom stereocenters. The average molecular weight is 262 g/mol. The maximum atomic E-state index is 5.93. The molecule has 0 amide bonds. The Morgan fingerprint density at radius 3 is 1.70 bits per heavy atom. The van der Waals surface area contributed by atoms with Gasteiger partial charge in [-0.3, -0.25) is 0 Å². The topological polar surface area (TPSA) is 0 Å². The Hall–Kier alpha value is 1.41. The van der Waals surface area contributed by atoms with Crippen molar-refractivity contribution in [3.05, 3.63) is 0 Å². The molecule has 0 saturated heterocycles. The second-order valence-electron chi connectivity index (χ2n) is 2.88. The number of halogens is 3. The van der Waals surface area contributed by atoms with Crippen molar-refractivity contribution >= 4 is 40.5 Å². The number of hydrogen-bond donors (Lipinski definition) is 0. The fraction of sp³-hybridized carbons (Fsp3) is 1.00. The fourth-order valence-electron chi connectivity index (χ4n) is 1.43. The van der Waals surface area contributed by atoms with Gasteiger partial charge in [0, 0.05) is 0 Å². The second-order valence-corrected chi connectivity index (χ2v) is 19.2. The molecule has 0 nitrogen and oxygen atoms in total. The van der Waals surface area contributed by atoms with Crippen LogP contribution >= 0.6 is 30.0 Å². The molecule has 60 valence electrons. The normalized spacial score (nSPS) is 23.1. The van der Waals surface area contributed by atoms with Crippen molar-refractivity contribution in [3.63, 3.8) is 0 Å². The van der Waals surface area contributed by atoms with Crippen LogP contribution in [0, 0.1) is 0 Å². The van der Waals surface area contributed by atoms with E-state index in [0.717, 1.165) is 12.8 Å². The molecular weight excluding hydrogens is 251 g/mol. The summed E-state index contributed by atoms with van der Waals surface area (Å²) in [6.07, 6.45) is 6.19. The zero-order valence-electron chi connectivity index (χ0n) is 5.75. The van der Waals surface area contributed by atoms with Crippen molar-refractivity contribution in [1.29, 1.82) is 0 Å². The van der Waals surface area contributed by atoms with Gasteiger partial charge >= 0.3 is 77.4 Å². The Labute approximate surface area is 77.1 Å². The zero-order chi connectivity index (χ0) is 7.61. The van der Waals surface area contributed by atoms with Crippen molar-refractivity contribution in [2.45, 2.75) is 36.9 Å². The van der Waals surface area contributed by atoms with Gasteiger partial charge in [0.15, 0.2) is 0 Å². The molecule has 0 atom stereocenters. The van der Waals surface area contributed by atoms with Gasteiger partial charge in [-0.2, -0.15) is 0 Å². The third-order valence-electron chi connectivity index (χ3n) is 2.07. The molecule has 0 bridgehead atoms. The van der Waals surface area contributed by atoms with Crippen LogP contribution in [0.15, 0.2) is 0 Å². The molecule has 0 aromatic rings. The number of hydrogen-bond acceptors (Lipinski definition) is 0. The van der Waals surface area contributed by atoms with Crippen molar-refractivity contribution in [1.82, 2.24) is 0 Å². The van der Waals surface area contributed by atoms with Crippen molar-refractivity contribution in [2.24, 2.45) is 0 Å². The molecule has 0 N–H and O–H groups in total. The summed E-state index contributed by atoms with van der Waals surface area (Å²) in [6.45, 7) is 0. The molecule has 4 heteroatoms. The van der Waals surface area contributed by atoms with Gasteiger partial charge in [-0.05, 0) is 0 Å². The molecule has 0 aromatic carbocycles. The van der Waals surface area contributed by atoms with E-state index in [1.165, 1.54) is 19.3 Å². The molecule has 10 heavy (non-hydrogen) atoms. The Morgan fingerprint density at radius 2 is 1.40 bits per heavy atom. The molecule has 0 radical (unpaired) electrons. The maximum absolute atomic E-state index is 5.93. The first-order valence-electron chi connectivity index (χ1n) is 3.67. The van der Waals surface area contributed by atoms with Gasteiger partial charge in [0.25, 0.3) is 0 Å². The summed E-state index contributed by atoms with van der Waals surface area (Å²) in [5.41, 5.74) is 0. The van der Waals surface area contributed by atoms with E-state index in [9.17, 15) is 0 Å². The van der Waals surface area contributed by atoms with Gasteiger partial charge in [-0.15, -0.1) is 0 Å². The first kappa shape index (κ1) is 9.50. The van der Waals surface area contributed by atoms with Gasteiger partial charge in [-0.25, -0.2) is 0 Å². The minimum absolute atomic E-state index is 0.485. The molecule has 1 aliphatic rings. The summed E-state index contributed by atoms with van der Waals surface area (Å²) >= 11 is 0. The molecule has 1 saturated carbocycles. The van der Waals surface area contributed by atoms with E-state index < -0.39 is 10.5 Å². The zero-order valence-corrected chi connectivity index (χ0v) is 10.1. The van der Waals surface area contributed by atoms with Crippen LogP contribution in [-0.2, 0) is 0 Å². The first-order chi connectivity index (χ1) is 4.61. The summed E-state index contributed by atoms with van der Waals surface area (Å²) in [7, 11) is 15.0. The van der Waals surface area contributed by atoms with Crippen LogP contribution in [0.25, 0.3) is 0 Å². The Kier molecular flexibility index (Phi) is 3.69. The van der Waals surface area contributed by atoms with E-state index in [-0.39, 0.29) is 0 Å². The van der Waals surface area contributed by atoms with E-state index >= 15 is 0 Å². The predicted octanol–water partition coefficient (Wildman–Crippen LogP) is 3.98. The van der Waals surface area contributed by atoms with Gasteiger partial charge in [-0.1, -0.05) is 0 Å². The van der Waals surface area contributed by atoms with Gasteiger partial charge in [0.2, 0.25) is 0 Å². The summed E-state index contributed by atoms with van der Waals surface area (Å²) in [6, 6.07) is 0. The number of rotatable bonds is 1. The Bertz CT molecular complexity index is 104. The van der Waals surface area contributed by atoms with Crippen LogP contribution in [0.1, 0.15) is 32.1 Å². The second kappa shape index (κ2) is 3.88. The van der Waals surface area contributed by atoms with Crippen LogP contribution in [-0.4, -0.2) is 10.5 Å². The molecule has 0 aromatic heterocycles. The van der Waals surface area contributed by atoms with E-state index in [1.54, 1.807) is 0 Å². The van der Waals surface area contributed by atoms with Gasteiger partial charge in [0.05, 0.1) is 0 Å².